The summed E-state index contributed by atoms with van der Waals surface area (Å²) in [5.41, 5.74) is 0. The molecule has 1 aromatic heterocycles. The van der Waals surface area contributed by atoms with Crippen LogP contribution in [0.15, 0.2) is 12.1 Å². The predicted molar refractivity (Wildman–Crippen MR) is 70.1 cm³/mol. The lowest BCUT2D eigenvalue weighted by Gasteiger charge is -2.10. The number of carboxylic acids is 1. The lowest BCUT2D eigenvalue weighted by Crippen LogP contribution is -2.27. The highest BCUT2D eigenvalue weighted by atomic mass is 32.1. The molecule has 2 atom stereocenters. The standard InChI is InChI=1S/C13H17NO3S/c1-8-2-3-9(6-8)7-14-12(15)10-4-5-11(18-10)13(16)17/h4-5,8-9H,2-3,6-7H2,1H3,(H,14,15)(H,16,17). The summed E-state index contributed by atoms with van der Waals surface area (Å²) in [5.74, 6) is 0.186. The van der Waals surface area contributed by atoms with Gasteiger partial charge in [-0.15, -0.1) is 11.3 Å². The first-order chi connectivity index (χ1) is 8.56. The van der Waals surface area contributed by atoms with E-state index >= 15 is 0 Å². The van der Waals surface area contributed by atoms with Crippen molar-refractivity contribution in [2.45, 2.75) is 26.2 Å². The summed E-state index contributed by atoms with van der Waals surface area (Å²) in [4.78, 5) is 23.2. The Balaban J connectivity index is 1.85. The topological polar surface area (TPSA) is 66.4 Å². The minimum atomic E-state index is -0.983. The molecule has 1 heterocycles. The summed E-state index contributed by atoms with van der Waals surface area (Å²) in [5, 5.41) is 11.7. The van der Waals surface area contributed by atoms with Crippen molar-refractivity contribution >= 4 is 23.2 Å². The largest absolute Gasteiger partial charge is 0.477 e. The Morgan fingerprint density at radius 2 is 2.11 bits per heavy atom. The highest BCUT2D eigenvalue weighted by Gasteiger charge is 2.22. The van der Waals surface area contributed by atoms with Crippen LogP contribution in [0.5, 0.6) is 0 Å². The molecule has 2 rings (SSSR count). The van der Waals surface area contributed by atoms with Gasteiger partial charge < -0.3 is 10.4 Å². The minimum Gasteiger partial charge on any atom is -0.477 e. The van der Waals surface area contributed by atoms with E-state index in [1.165, 1.54) is 25.3 Å². The molecule has 1 saturated carbocycles. The summed E-state index contributed by atoms with van der Waals surface area (Å²) in [6.45, 7) is 2.93. The van der Waals surface area contributed by atoms with Crippen molar-refractivity contribution in [1.82, 2.24) is 5.32 Å². The molecule has 4 nitrogen and oxygen atoms in total. The number of hydrogen-bond donors (Lipinski definition) is 2. The molecule has 1 fully saturated rings. The van der Waals surface area contributed by atoms with Crippen LogP contribution in [-0.4, -0.2) is 23.5 Å². The van der Waals surface area contributed by atoms with Crippen molar-refractivity contribution in [3.8, 4) is 0 Å². The molecular weight excluding hydrogens is 250 g/mol. The van der Waals surface area contributed by atoms with Crippen LogP contribution in [0, 0.1) is 11.8 Å². The Kier molecular flexibility index (Phi) is 4.01. The summed E-state index contributed by atoms with van der Waals surface area (Å²) in [6, 6.07) is 3.04. The number of thiophene rings is 1. The Labute approximate surface area is 110 Å². The first-order valence-corrected chi connectivity index (χ1v) is 6.99. The molecular formula is C13H17NO3S. The fourth-order valence-corrected chi connectivity index (χ4v) is 3.17. The van der Waals surface area contributed by atoms with Gasteiger partial charge in [0.2, 0.25) is 0 Å². The summed E-state index contributed by atoms with van der Waals surface area (Å²) >= 11 is 1.02. The lowest BCUT2D eigenvalue weighted by molar-refractivity contribution is 0.0702. The van der Waals surface area contributed by atoms with E-state index in [0.717, 1.165) is 17.3 Å². The smallest absolute Gasteiger partial charge is 0.345 e. The van der Waals surface area contributed by atoms with Crippen molar-refractivity contribution < 1.29 is 14.7 Å². The van der Waals surface area contributed by atoms with Crippen molar-refractivity contribution in [3.63, 3.8) is 0 Å². The Morgan fingerprint density at radius 1 is 1.39 bits per heavy atom. The average molecular weight is 267 g/mol. The van der Waals surface area contributed by atoms with Crippen LogP contribution >= 0.6 is 11.3 Å². The predicted octanol–water partition coefficient (Wildman–Crippen LogP) is 2.61. The van der Waals surface area contributed by atoms with E-state index in [-0.39, 0.29) is 10.8 Å². The molecule has 98 valence electrons. The third-order valence-electron chi connectivity index (χ3n) is 3.40. The third kappa shape index (κ3) is 3.10. The van der Waals surface area contributed by atoms with Crippen LogP contribution in [0.4, 0.5) is 0 Å². The maximum atomic E-state index is 11.8. The second-order valence-electron chi connectivity index (χ2n) is 4.96. The number of carbonyl (C=O) groups excluding carboxylic acids is 1. The number of carbonyl (C=O) groups is 2. The Hall–Kier alpha value is -1.36. The van der Waals surface area contributed by atoms with E-state index in [2.05, 4.69) is 12.2 Å². The van der Waals surface area contributed by atoms with Gasteiger partial charge in [0.15, 0.2) is 0 Å². The molecule has 2 unspecified atom stereocenters. The fraction of sp³-hybridized carbons (Fsp3) is 0.538. The van der Waals surface area contributed by atoms with Crippen molar-refractivity contribution in [1.29, 1.82) is 0 Å². The maximum absolute atomic E-state index is 11.8. The van der Waals surface area contributed by atoms with Gasteiger partial charge in [0.25, 0.3) is 5.91 Å². The first-order valence-electron chi connectivity index (χ1n) is 6.17. The van der Waals surface area contributed by atoms with Gasteiger partial charge in [0.05, 0.1) is 4.88 Å². The van der Waals surface area contributed by atoms with E-state index in [9.17, 15) is 9.59 Å². The number of rotatable bonds is 4. The zero-order valence-electron chi connectivity index (χ0n) is 10.3. The Bertz CT molecular complexity index is 455. The zero-order valence-corrected chi connectivity index (χ0v) is 11.1. The van der Waals surface area contributed by atoms with Crippen LogP contribution in [0.2, 0.25) is 0 Å². The third-order valence-corrected chi connectivity index (χ3v) is 4.47. The molecule has 0 bridgehead atoms. The molecule has 1 aliphatic rings. The van der Waals surface area contributed by atoms with Gasteiger partial charge >= 0.3 is 5.97 Å². The molecule has 5 heteroatoms. The fourth-order valence-electron chi connectivity index (χ4n) is 2.41. The van der Waals surface area contributed by atoms with Gasteiger partial charge in [-0.1, -0.05) is 13.3 Å². The molecule has 0 aliphatic heterocycles. The first kappa shape index (κ1) is 13.1. The van der Waals surface area contributed by atoms with Crippen LogP contribution in [-0.2, 0) is 0 Å². The highest BCUT2D eigenvalue weighted by molar-refractivity contribution is 7.15. The zero-order chi connectivity index (χ0) is 13.1. The van der Waals surface area contributed by atoms with Crippen molar-refractivity contribution in [2.75, 3.05) is 6.54 Å². The second kappa shape index (κ2) is 5.52. The monoisotopic (exact) mass is 267 g/mol. The quantitative estimate of drug-likeness (QED) is 0.881. The molecule has 0 saturated heterocycles. The van der Waals surface area contributed by atoms with E-state index < -0.39 is 5.97 Å². The molecule has 0 aromatic carbocycles. The van der Waals surface area contributed by atoms with Gasteiger partial charge in [-0.05, 0) is 36.8 Å². The number of amides is 1. The van der Waals surface area contributed by atoms with Crippen molar-refractivity contribution in [2.24, 2.45) is 11.8 Å². The van der Waals surface area contributed by atoms with Gasteiger partial charge in [-0.3, -0.25) is 4.79 Å². The van der Waals surface area contributed by atoms with Gasteiger partial charge in [-0.2, -0.15) is 0 Å². The highest BCUT2D eigenvalue weighted by Crippen LogP contribution is 2.29. The van der Waals surface area contributed by atoms with Gasteiger partial charge in [-0.25, -0.2) is 4.79 Å². The number of hydrogen-bond acceptors (Lipinski definition) is 3. The number of aromatic carboxylic acids is 1. The molecule has 1 amide bonds. The second-order valence-corrected chi connectivity index (χ2v) is 6.05. The molecule has 2 N–H and O–H groups in total. The summed E-state index contributed by atoms with van der Waals surface area (Å²) in [7, 11) is 0. The van der Waals surface area contributed by atoms with Crippen LogP contribution < -0.4 is 5.32 Å². The molecule has 0 radical (unpaired) electrons. The van der Waals surface area contributed by atoms with Crippen molar-refractivity contribution in [3.05, 3.63) is 21.9 Å². The van der Waals surface area contributed by atoms with Crippen LogP contribution in [0.1, 0.15) is 45.5 Å². The molecule has 0 spiro atoms. The van der Waals surface area contributed by atoms with E-state index in [4.69, 9.17) is 5.11 Å². The van der Waals surface area contributed by atoms with E-state index in [1.807, 2.05) is 0 Å². The SMILES string of the molecule is CC1CCC(CNC(=O)c2ccc(C(=O)O)s2)C1. The minimum absolute atomic E-state index is 0.160. The maximum Gasteiger partial charge on any atom is 0.345 e. The number of carboxylic acid groups (broad SMARTS) is 1. The molecule has 18 heavy (non-hydrogen) atoms. The summed E-state index contributed by atoms with van der Waals surface area (Å²) < 4.78 is 0. The van der Waals surface area contributed by atoms with Crippen LogP contribution in [0.25, 0.3) is 0 Å². The van der Waals surface area contributed by atoms with Gasteiger partial charge in [0, 0.05) is 6.54 Å². The average Bonchev–Trinajstić information content (AvgIpc) is 2.94. The molecule has 1 aromatic rings. The van der Waals surface area contributed by atoms with E-state index in [0.29, 0.717) is 17.3 Å². The Morgan fingerprint density at radius 3 is 2.67 bits per heavy atom. The summed E-state index contributed by atoms with van der Waals surface area (Å²) in [6.07, 6.45) is 3.58. The lowest BCUT2D eigenvalue weighted by atomic mass is 10.1. The van der Waals surface area contributed by atoms with Gasteiger partial charge in [0.1, 0.15) is 4.88 Å². The van der Waals surface area contributed by atoms with E-state index in [1.54, 1.807) is 6.07 Å². The van der Waals surface area contributed by atoms with Crippen LogP contribution in [0.3, 0.4) is 0 Å². The number of nitrogens with one attached hydrogen (secondary N) is 1. The normalized spacial score (nSPS) is 22.9. The molecule has 1 aliphatic carbocycles.